The Morgan fingerprint density at radius 3 is 2.00 bits per heavy atom. The van der Waals surface area contributed by atoms with Crippen LogP contribution >= 0.6 is 31.9 Å². The Labute approximate surface area is 215 Å². The zero-order valence-electron chi connectivity index (χ0n) is 19.2. The molecule has 0 unspecified atom stereocenters. The van der Waals surface area contributed by atoms with Gasteiger partial charge in [0.2, 0.25) is 6.41 Å². The van der Waals surface area contributed by atoms with E-state index in [4.69, 9.17) is 0 Å². The number of benzene rings is 2. The molecule has 8 heteroatoms. The standard InChI is InChI=1S/C13H13BrFNO2.C13H14BrFO/c1-8-4-11(15)10(14)5-12(8)16(7-17)6-13(18)9-2-3-9;1-8-6-12(15)11(14)7-10(8)4-5-13(16)9-2-3-9/h4-5,7,9H,2-3,6H2,1H3;6-7,9H,2-5H2,1H3. The molecule has 4 rings (SSSR count). The van der Waals surface area contributed by atoms with Gasteiger partial charge in [-0.15, -0.1) is 0 Å². The zero-order chi connectivity index (χ0) is 25.0. The molecule has 0 radical (unpaired) electrons. The first kappa shape index (κ1) is 26.7. The molecular weight excluding hydrogens is 572 g/mol. The van der Waals surface area contributed by atoms with Crippen molar-refractivity contribution >= 4 is 55.5 Å². The lowest BCUT2D eigenvalue weighted by atomic mass is 10.0. The van der Waals surface area contributed by atoms with Crippen LogP contribution in [0.25, 0.3) is 0 Å². The Hall–Kier alpha value is -1.93. The van der Waals surface area contributed by atoms with E-state index < -0.39 is 0 Å². The molecule has 0 bridgehead atoms. The number of ketones is 2. The Morgan fingerprint density at radius 1 is 0.912 bits per heavy atom. The molecule has 34 heavy (non-hydrogen) atoms. The highest BCUT2D eigenvalue weighted by Crippen LogP contribution is 2.32. The molecular formula is C26H27Br2F2NO3. The number of aryl methyl sites for hydroxylation is 3. The third-order valence-corrected chi connectivity index (χ3v) is 7.30. The summed E-state index contributed by atoms with van der Waals surface area (Å²) in [5, 5.41) is 0. The molecule has 182 valence electrons. The van der Waals surface area contributed by atoms with Crippen LogP contribution in [0.4, 0.5) is 14.5 Å². The number of anilines is 1. The van der Waals surface area contributed by atoms with Gasteiger partial charge in [-0.3, -0.25) is 14.4 Å². The van der Waals surface area contributed by atoms with E-state index >= 15 is 0 Å². The van der Waals surface area contributed by atoms with Gasteiger partial charge in [0.15, 0.2) is 5.78 Å². The molecule has 2 aromatic carbocycles. The first-order valence-electron chi connectivity index (χ1n) is 11.3. The summed E-state index contributed by atoms with van der Waals surface area (Å²) in [6, 6.07) is 6.17. The fraction of sp³-hybridized carbons (Fsp3) is 0.423. The molecule has 0 aromatic heterocycles. The molecule has 4 nitrogen and oxygen atoms in total. The van der Waals surface area contributed by atoms with Gasteiger partial charge >= 0.3 is 0 Å². The Morgan fingerprint density at radius 2 is 1.44 bits per heavy atom. The summed E-state index contributed by atoms with van der Waals surface area (Å²) in [7, 11) is 0. The minimum atomic E-state index is -0.379. The van der Waals surface area contributed by atoms with E-state index in [1.54, 1.807) is 13.0 Å². The Balaban J connectivity index is 0.000000192. The maximum atomic E-state index is 13.3. The second kappa shape index (κ2) is 11.7. The molecule has 0 saturated heterocycles. The van der Waals surface area contributed by atoms with Gasteiger partial charge in [0, 0.05) is 23.9 Å². The maximum absolute atomic E-state index is 13.3. The van der Waals surface area contributed by atoms with Crippen molar-refractivity contribution in [1.29, 1.82) is 0 Å². The number of carbonyl (C=O) groups is 3. The Bertz CT molecular complexity index is 1100. The van der Waals surface area contributed by atoms with Gasteiger partial charge in [0.25, 0.3) is 0 Å². The summed E-state index contributed by atoms with van der Waals surface area (Å²) in [6.07, 6.45) is 5.88. The number of amides is 1. The van der Waals surface area contributed by atoms with E-state index in [0.717, 1.165) is 43.2 Å². The van der Waals surface area contributed by atoms with Crippen LogP contribution in [-0.4, -0.2) is 24.5 Å². The molecule has 2 saturated carbocycles. The second-order valence-electron chi connectivity index (χ2n) is 8.96. The van der Waals surface area contributed by atoms with Crippen molar-refractivity contribution in [1.82, 2.24) is 0 Å². The topological polar surface area (TPSA) is 54.5 Å². The third kappa shape index (κ3) is 7.28. The lowest BCUT2D eigenvalue weighted by Crippen LogP contribution is -2.29. The van der Waals surface area contributed by atoms with Gasteiger partial charge in [0.1, 0.15) is 17.4 Å². The molecule has 2 aliphatic carbocycles. The average Bonchev–Trinajstić information content (AvgIpc) is 3.69. The van der Waals surface area contributed by atoms with Gasteiger partial charge in [-0.1, -0.05) is 0 Å². The van der Waals surface area contributed by atoms with Gasteiger partial charge in [-0.2, -0.15) is 0 Å². The quantitative estimate of drug-likeness (QED) is 0.304. The molecule has 1 amide bonds. The molecule has 2 aromatic rings. The Kier molecular flexibility index (Phi) is 9.15. The summed E-state index contributed by atoms with van der Waals surface area (Å²) in [5.41, 5.74) is 3.17. The van der Waals surface area contributed by atoms with Gasteiger partial charge in [0.05, 0.1) is 15.5 Å². The summed E-state index contributed by atoms with van der Waals surface area (Å²) in [6.45, 7) is 3.66. The highest BCUT2D eigenvalue weighted by atomic mass is 79.9. The van der Waals surface area contributed by atoms with Crippen molar-refractivity contribution in [2.24, 2.45) is 11.8 Å². The normalized spacial score (nSPS) is 14.8. The van der Waals surface area contributed by atoms with E-state index in [1.807, 2.05) is 6.92 Å². The first-order valence-corrected chi connectivity index (χ1v) is 12.9. The largest absolute Gasteiger partial charge is 0.307 e. The second-order valence-corrected chi connectivity index (χ2v) is 10.7. The van der Waals surface area contributed by atoms with E-state index in [2.05, 4.69) is 31.9 Å². The summed E-state index contributed by atoms with van der Waals surface area (Å²) < 4.78 is 27.3. The van der Waals surface area contributed by atoms with E-state index in [1.165, 1.54) is 23.1 Å². The molecule has 2 aliphatic rings. The number of nitrogens with zero attached hydrogens (tertiary/aromatic N) is 1. The van der Waals surface area contributed by atoms with Crippen molar-refractivity contribution < 1.29 is 23.2 Å². The smallest absolute Gasteiger partial charge is 0.214 e. The van der Waals surface area contributed by atoms with Crippen molar-refractivity contribution in [2.75, 3.05) is 11.4 Å². The number of carbonyl (C=O) groups excluding carboxylic acids is 3. The van der Waals surface area contributed by atoms with E-state index in [-0.39, 0.29) is 34.4 Å². The van der Waals surface area contributed by atoms with E-state index in [0.29, 0.717) is 40.3 Å². The lowest BCUT2D eigenvalue weighted by Gasteiger charge is -2.19. The number of rotatable bonds is 9. The van der Waals surface area contributed by atoms with Crippen molar-refractivity contribution in [3.8, 4) is 0 Å². The fourth-order valence-corrected chi connectivity index (χ4v) is 4.37. The van der Waals surface area contributed by atoms with Crippen LogP contribution in [0.5, 0.6) is 0 Å². The van der Waals surface area contributed by atoms with Crippen LogP contribution in [0.2, 0.25) is 0 Å². The summed E-state index contributed by atoms with van der Waals surface area (Å²) >= 11 is 6.25. The van der Waals surface area contributed by atoms with Crippen molar-refractivity contribution in [3.05, 3.63) is 61.5 Å². The molecule has 0 heterocycles. The van der Waals surface area contributed by atoms with Gasteiger partial charge in [-0.05, 0) is 119 Å². The van der Waals surface area contributed by atoms with Crippen LogP contribution in [0, 0.1) is 37.3 Å². The van der Waals surface area contributed by atoms with Crippen LogP contribution in [0.3, 0.4) is 0 Å². The SMILES string of the molecule is Cc1cc(F)c(Br)cc1CCC(=O)C1CC1.Cc1cc(F)c(Br)cc1N(C=O)CC(=O)C1CC1. The molecule has 0 spiro atoms. The molecule has 0 aliphatic heterocycles. The predicted octanol–water partition coefficient (Wildman–Crippen LogP) is 6.65. The average molecular weight is 599 g/mol. The van der Waals surface area contributed by atoms with Gasteiger partial charge < -0.3 is 4.90 Å². The highest BCUT2D eigenvalue weighted by molar-refractivity contribution is 9.10. The number of hydrogen-bond acceptors (Lipinski definition) is 3. The number of hydrogen-bond donors (Lipinski definition) is 0. The van der Waals surface area contributed by atoms with Crippen LogP contribution in [0.1, 0.15) is 48.8 Å². The van der Waals surface area contributed by atoms with E-state index in [9.17, 15) is 23.2 Å². The monoisotopic (exact) mass is 597 g/mol. The van der Waals surface area contributed by atoms with Crippen molar-refractivity contribution in [2.45, 2.75) is 52.4 Å². The summed E-state index contributed by atoms with van der Waals surface area (Å²) in [5.74, 6) is 0.244. The molecule has 0 atom stereocenters. The van der Waals surface area contributed by atoms with Gasteiger partial charge in [-0.25, -0.2) is 8.78 Å². The zero-order valence-corrected chi connectivity index (χ0v) is 22.3. The molecule has 0 N–H and O–H groups in total. The van der Waals surface area contributed by atoms with Crippen LogP contribution in [-0.2, 0) is 20.8 Å². The fourth-order valence-electron chi connectivity index (χ4n) is 3.65. The minimum Gasteiger partial charge on any atom is -0.307 e. The maximum Gasteiger partial charge on any atom is 0.214 e. The van der Waals surface area contributed by atoms with Crippen molar-refractivity contribution in [3.63, 3.8) is 0 Å². The van der Waals surface area contributed by atoms with Crippen LogP contribution in [0.15, 0.2) is 33.2 Å². The lowest BCUT2D eigenvalue weighted by molar-refractivity contribution is -0.120. The number of halogens is 4. The first-order chi connectivity index (χ1) is 16.1. The summed E-state index contributed by atoms with van der Waals surface area (Å²) in [4.78, 5) is 35.7. The van der Waals surface area contributed by atoms with Crippen LogP contribution < -0.4 is 4.90 Å². The highest BCUT2D eigenvalue weighted by Gasteiger charge is 2.31. The third-order valence-electron chi connectivity index (χ3n) is 6.09. The minimum absolute atomic E-state index is 0.0626. The number of Topliss-reactive ketones (excluding diaryl/α,β-unsaturated/α-hetero) is 2. The predicted molar refractivity (Wildman–Crippen MR) is 135 cm³/mol. The molecule has 2 fully saturated rings.